The first-order chi connectivity index (χ1) is 13.0. The lowest BCUT2D eigenvalue weighted by Gasteiger charge is -2.27. The number of nitrogens with one attached hydrogen (secondary N) is 2. The van der Waals surface area contributed by atoms with E-state index < -0.39 is 12.1 Å². The van der Waals surface area contributed by atoms with Crippen LogP contribution in [0.15, 0.2) is 30.3 Å². The number of benzene rings is 1. The summed E-state index contributed by atoms with van der Waals surface area (Å²) < 4.78 is 0. The fraction of sp³-hybridized carbons (Fsp3) is 0.571. The Morgan fingerprint density at radius 2 is 1.70 bits per heavy atom. The lowest BCUT2D eigenvalue weighted by Crippen LogP contribution is -2.53. The molecule has 0 bridgehead atoms. The van der Waals surface area contributed by atoms with Crippen LogP contribution in [0, 0.1) is 5.92 Å². The first-order valence-electron chi connectivity index (χ1n) is 9.83. The number of carbonyl (C=O) groups is 3. The molecular weight excluding hydrogens is 342 g/mol. The van der Waals surface area contributed by atoms with Gasteiger partial charge in [-0.25, -0.2) is 0 Å². The number of carbonyl (C=O) groups excluding carboxylic acids is 3. The van der Waals surface area contributed by atoms with Crippen LogP contribution in [-0.2, 0) is 20.8 Å². The third kappa shape index (κ3) is 7.13. The lowest BCUT2D eigenvalue weighted by molar-refractivity contribution is -0.131. The summed E-state index contributed by atoms with van der Waals surface area (Å²) in [4.78, 5) is 36.7. The van der Waals surface area contributed by atoms with Crippen molar-refractivity contribution in [2.45, 2.75) is 64.0 Å². The van der Waals surface area contributed by atoms with E-state index in [0.29, 0.717) is 18.8 Å². The highest BCUT2D eigenvalue weighted by Gasteiger charge is 2.28. The molecule has 4 N–H and O–H groups in total. The number of Topliss-reactive ketones (excluding diaryl/α,β-unsaturated/α-hetero) is 1. The Balaban J connectivity index is 2.05. The van der Waals surface area contributed by atoms with Crippen LogP contribution in [-0.4, -0.2) is 36.2 Å². The molecule has 2 amide bonds. The molecule has 1 fully saturated rings. The van der Waals surface area contributed by atoms with Crippen molar-refractivity contribution in [2.24, 2.45) is 11.7 Å². The number of hydrogen-bond acceptors (Lipinski definition) is 4. The SMILES string of the molecule is CC(=O)N[C@H](CC1CCCCC1)C(=O)N[C@H](Cc1ccccc1)C(=O)CN. The first kappa shape index (κ1) is 21.1. The summed E-state index contributed by atoms with van der Waals surface area (Å²) in [5.41, 5.74) is 6.49. The van der Waals surface area contributed by atoms with Crippen molar-refractivity contribution in [3.8, 4) is 0 Å². The average Bonchev–Trinajstić information content (AvgIpc) is 2.67. The van der Waals surface area contributed by atoms with Crippen LogP contribution in [0.2, 0.25) is 0 Å². The normalized spacial score (nSPS) is 17.0. The molecule has 0 aliphatic heterocycles. The summed E-state index contributed by atoms with van der Waals surface area (Å²) in [6.07, 6.45) is 6.73. The Kier molecular flexibility index (Phi) is 8.45. The maximum Gasteiger partial charge on any atom is 0.243 e. The second kappa shape index (κ2) is 10.8. The van der Waals surface area contributed by atoms with Crippen molar-refractivity contribution in [1.29, 1.82) is 0 Å². The van der Waals surface area contributed by atoms with Gasteiger partial charge in [-0.1, -0.05) is 62.4 Å². The smallest absolute Gasteiger partial charge is 0.243 e. The van der Waals surface area contributed by atoms with Crippen molar-refractivity contribution in [3.05, 3.63) is 35.9 Å². The van der Waals surface area contributed by atoms with Gasteiger partial charge in [-0.3, -0.25) is 14.4 Å². The van der Waals surface area contributed by atoms with Crippen molar-refractivity contribution in [3.63, 3.8) is 0 Å². The Morgan fingerprint density at radius 1 is 1.04 bits per heavy atom. The van der Waals surface area contributed by atoms with E-state index >= 15 is 0 Å². The van der Waals surface area contributed by atoms with Crippen LogP contribution in [0.4, 0.5) is 0 Å². The Hall–Kier alpha value is -2.21. The zero-order valence-corrected chi connectivity index (χ0v) is 16.1. The van der Waals surface area contributed by atoms with Crippen LogP contribution in [0.5, 0.6) is 0 Å². The molecule has 1 saturated carbocycles. The van der Waals surface area contributed by atoms with Crippen LogP contribution in [0.3, 0.4) is 0 Å². The third-order valence-corrected chi connectivity index (χ3v) is 5.18. The number of nitrogens with two attached hydrogens (primary N) is 1. The number of amides is 2. The molecule has 0 aromatic heterocycles. The van der Waals surface area contributed by atoms with Gasteiger partial charge in [0, 0.05) is 6.92 Å². The summed E-state index contributed by atoms with van der Waals surface area (Å²) in [5, 5.41) is 5.59. The monoisotopic (exact) mass is 373 g/mol. The molecule has 148 valence electrons. The number of rotatable bonds is 9. The highest BCUT2D eigenvalue weighted by Crippen LogP contribution is 2.27. The van der Waals surface area contributed by atoms with Gasteiger partial charge in [0.1, 0.15) is 6.04 Å². The summed E-state index contributed by atoms with van der Waals surface area (Å²) in [6, 6.07) is 8.21. The summed E-state index contributed by atoms with van der Waals surface area (Å²) in [6.45, 7) is 1.28. The van der Waals surface area contributed by atoms with Crippen LogP contribution in [0.25, 0.3) is 0 Å². The van der Waals surface area contributed by atoms with Crippen molar-refractivity contribution in [1.82, 2.24) is 10.6 Å². The molecule has 27 heavy (non-hydrogen) atoms. The van der Waals surface area contributed by atoms with Crippen LogP contribution >= 0.6 is 0 Å². The van der Waals surface area contributed by atoms with Gasteiger partial charge in [0.25, 0.3) is 0 Å². The highest BCUT2D eigenvalue weighted by atomic mass is 16.2. The van der Waals surface area contributed by atoms with E-state index in [0.717, 1.165) is 18.4 Å². The third-order valence-electron chi connectivity index (χ3n) is 5.18. The van der Waals surface area contributed by atoms with Crippen LogP contribution in [0.1, 0.15) is 51.0 Å². The number of ketones is 1. The molecule has 6 heteroatoms. The molecule has 6 nitrogen and oxygen atoms in total. The molecule has 0 spiro atoms. The Morgan fingerprint density at radius 3 is 2.30 bits per heavy atom. The Labute approximate surface area is 161 Å². The van der Waals surface area contributed by atoms with Gasteiger partial charge in [0.15, 0.2) is 5.78 Å². The van der Waals surface area contributed by atoms with E-state index in [1.54, 1.807) is 0 Å². The lowest BCUT2D eigenvalue weighted by atomic mass is 9.84. The first-order valence-corrected chi connectivity index (χ1v) is 9.83. The van der Waals surface area contributed by atoms with Gasteiger partial charge >= 0.3 is 0 Å². The zero-order valence-electron chi connectivity index (χ0n) is 16.1. The summed E-state index contributed by atoms with van der Waals surface area (Å²) in [7, 11) is 0. The second-order valence-electron chi connectivity index (χ2n) is 7.41. The second-order valence-corrected chi connectivity index (χ2v) is 7.41. The molecule has 2 rings (SSSR count). The van der Waals surface area contributed by atoms with E-state index in [1.807, 2.05) is 30.3 Å². The van der Waals surface area contributed by atoms with Gasteiger partial charge in [0.05, 0.1) is 12.6 Å². The van der Waals surface area contributed by atoms with Gasteiger partial charge in [-0.15, -0.1) is 0 Å². The van der Waals surface area contributed by atoms with Crippen molar-refractivity contribution < 1.29 is 14.4 Å². The molecule has 1 aliphatic rings. The molecule has 0 radical (unpaired) electrons. The van der Waals surface area contributed by atoms with Gasteiger partial charge in [0.2, 0.25) is 11.8 Å². The van der Waals surface area contributed by atoms with E-state index in [-0.39, 0.29) is 24.1 Å². The largest absolute Gasteiger partial charge is 0.345 e. The van der Waals surface area contributed by atoms with E-state index in [1.165, 1.54) is 26.2 Å². The zero-order chi connectivity index (χ0) is 19.6. The van der Waals surface area contributed by atoms with E-state index in [2.05, 4.69) is 10.6 Å². The van der Waals surface area contributed by atoms with Gasteiger partial charge in [-0.05, 0) is 24.3 Å². The minimum atomic E-state index is -0.687. The molecule has 1 aromatic rings. The molecule has 2 atom stereocenters. The highest BCUT2D eigenvalue weighted by molar-refractivity contribution is 5.93. The fourth-order valence-corrected chi connectivity index (χ4v) is 3.74. The fourth-order valence-electron chi connectivity index (χ4n) is 3.74. The Bertz CT molecular complexity index is 627. The molecule has 0 saturated heterocycles. The topological polar surface area (TPSA) is 101 Å². The molecule has 1 aliphatic carbocycles. The average molecular weight is 373 g/mol. The van der Waals surface area contributed by atoms with Gasteiger partial charge in [-0.2, -0.15) is 0 Å². The standard InChI is InChI=1S/C21H31N3O3/c1-15(25)23-19(13-17-10-6-3-7-11-17)21(27)24-18(20(26)14-22)12-16-8-4-2-5-9-16/h2,4-5,8-9,17-19H,3,6-7,10-14,22H2,1H3,(H,23,25)(H,24,27)/t18-,19-/m1/s1. The molecule has 0 heterocycles. The van der Waals surface area contributed by atoms with E-state index in [4.69, 9.17) is 5.73 Å². The summed E-state index contributed by atoms with van der Waals surface area (Å²) >= 11 is 0. The molecule has 1 aromatic carbocycles. The van der Waals surface area contributed by atoms with Crippen molar-refractivity contribution >= 4 is 17.6 Å². The quantitative estimate of drug-likeness (QED) is 0.613. The van der Waals surface area contributed by atoms with Gasteiger partial charge < -0.3 is 16.4 Å². The van der Waals surface area contributed by atoms with Crippen molar-refractivity contribution in [2.75, 3.05) is 6.54 Å². The van der Waals surface area contributed by atoms with E-state index in [9.17, 15) is 14.4 Å². The minimum absolute atomic E-state index is 0.134. The molecule has 0 unspecified atom stereocenters. The van der Waals surface area contributed by atoms with Crippen LogP contribution < -0.4 is 16.4 Å². The predicted molar refractivity (Wildman–Crippen MR) is 105 cm³/mol. The number of hydrogen-bond donors (Lipinski definition) is 3. The minimum Gasteiger partial charge on any atom is -0.345 e. The maximum absolute atomic E-state index is 12.9. The predicted octanol–water partition coefficient (Wildman–Crippen LogP) is 1.72. The maximum atomic E-state index is 12.9. The summed E-state index contributed by atoms with van der Waals surface area (Å²) in [5.74, 6) is -0.334. The molecular formula is C21H31N3O3.